The summed E-state index contributed by atoms with van der Waals surface area (Å²) in [5, 5.41) is 15.0. The molecule has 3 N–H and O–H groups in total. The number of carbonyl (C=O) groups is 1. The van der Waals surface area contributed by atoms with Crippen molar-refractivity contribution in [1.82, 2.24) is 10.6 Å². The van der Waals surface area contributed by atoms with Crippen molar-refractivity contribution in [2.24, 2.45) is 0 Å². The van der Waals surface area contributed by atoms with Crippen LogP contribution in [0.25, 0.3) is 0 Å². The minimum Gasteiger partial charge on any atom is -0.478 e. The number of rotatable bonds is 7. The van der Waals surface area contributed by atoms with Gasteiger partial charge in [0, 0.05) is 13.2 Å². The number of nitrogens with one attached hydrogen (secondary N) is 2. The van der Waals surface area contributed by atoms with E-state index in [9.17, 15) is 4.79 Å². The molecule has 1 aliphatic heterocycles. The predicted molar refractivity (Wildman–Crippen MR) is 60.9 cm³/mol. The van der Waals surface area contributed by atoms with Crippen LogP contribution in [0, 0.1) is 0 Å². The van der Waals surface area contributed by atoms with Crippen LogP contribution in [0.5, 0.6) is 0 Å². The first-order valence-electron chi connectivity index (χ1n) is 5.43. The Morgan fingerprint density at radius 1 is 1.69 bits per heavy atom. The summed E-state index contributed by atoms with van der Waals surface area (Å²) in [6, 6.07) is 0. The Morgan fingerprint density at radius 3 is 3.19 bits per heavy atom. The van der Waals surface area contributed by atoms with Crippen LogP contribution in [-0.4, -0.2) is 37.0 Å². The minimum absolute atomic E-state index is 0.113. The molecule has 0 amide bonds. The van der Waals surface area contributed by atoms with Crippen molar-refractivity contribution in [2.75, 3.05) is 19.8 Å². The standard InChI is InChI=1S/C11H18N2O3/c1-2-16-7-3-5-12-10-8-9(11(14)15)4-6-13-10/h4,6,8,10,12-13H,2-3,5,7H2,1H3,(H,14,15). The van der Waals surface area contributed by atoms with Gasteiger partial charge in [-0.3, -0.25) is 5.32 Å². The summed E-state index contributed by atoms with van der Waals surface area (Å²) >= 11 is 0. The molecule has 0 saturated heterocycles. The Morgan fingerprint density at radius 2 is 2.50 bits per heavy atom. The van der Waals surface area contributed by atoms with E-state index in [2.05, 4.69) is 10.6 Å². The number of ether oxygens (including phenoxy) is 1. The second-order valence-corrected chi connectivity index (χ2v) is 3.41. The predicted octanol–water partition coefficient (Wildman–Crippen LogP) is 0.457. The second kappa shape index (κ2) is 7.03. The smallest absolute Gasteiger partial charge is 0.335 e. The molecular formula is C11H18N2O3. The lowest BCUT2D eigenvalue weighted by atomic mass is 10.2. The molecule has 1 unspecified atom stereocenters. The molecule has 0 radical (unpaired) electrons. The molecule has 1 rings (SSSR count). The van der Waals surface area contributed by atoms with E-state index in [0.717, 1.165) is 26.2 Å². The topological polar surface area (TPSA) is 70.6 Å². The summed E-state index contributed by atoms with van der Waals surface area (Å²) in [5.74, 6) is -0.904. The molecule has 5 nitrogen and oxygen atoms in total. The third kappa shape index (κ3) is 4.46. The number of dihydropyridines is 1. The van der Waals surface area contributed by atoms with E-state index in [1.807, 2.05) is 6.92 Å². The lowest BCUT2D eigenvalue weighted by Gasteiger charge is -2.19. The zero-order valence-corrected chi connectivity index (χ0v) is 9.40. The van der Waals surface area contributed by atoms with Gasteiger partial charge in [0.1, 0.15) is 0 Å². The van der Waals surface area contributed by atoms with Crippen LogP contribution < -0.4 is 10.6 Å². The van der Waals surface area contributed by atoms with Gasteiger partial charge < -0.3 is 15.2 Å². The fourth-order valence-electron chi connectivity index (χ4n) is 1.36. The van der Waals surface area contributed by atoms with Crippen molar-refractivity contribution in [3.8, 4) is 0 Å². The van der Waals surface area contributed by atoms with Gasteiger partial charge in [0.25, 0.3) is 0 Å². The molecular weight excluding hydrogens is 208 g/mol. The lowest BCUT2D eigenvalue weighted by Crippen LogP contribution is -2.40. The van der Waals surface area contributed by atoms with Crippen LogP contribution in [-0.2, 0) is 9.53 Å². The summed E-state index contributed by atoms with van der Waals surface area (Å²) in [6.45, 7) is 4.20. The molecule has 0 aromatic carbocycles. The van der Waals surface area contributed by atoms with Crippen molar-refractivity contribution in [3.05, 3.63) is 23.9 Å². The first-order valence-corrected chi connectivity index (χ1v) is 5.43. The maximum absolute atomic E-state index is 10.7. The lowest BCUT2D eigenvalue weighted by molar-refractivity contribution is -0.132. The number of hydrogen-bond acceptors (Lipinski definition) is 4. The van der Waals surface area contributed by atoms with Gasteiger partial charge in [0.15, 0.2) is 0 Å². The van der Waals surface area contributed by atoms with Crippen LogP contribution in [0.4, 0.5) is 0 Å². The molecule has 0 aromatic rings. The summed E-state index contributed by atoms with van der Waals surface area (Å²) in [6.07, 6.45) is 5.64. The zero-order valence-electron chi connectivity index (χ0n) is 9.40. The molecule has 0 fully saturated rings. The van der Waals surface area contributed by atoms with Gasteiger partial charge in [-0.15, -0.1) is 0 Å². The molecule has 1 heterocycles. The van der Waals surface area contributed by atoms with Gasteiger partial charge in [0.05, 0.1) is 11.7 Å². The van der Waals surface area contributed by atoms with Gasteiger partial charge in [-0.1, -0.05) is 0 Å². The molecule has 0 spiro atoms. The summed E-state index contributed by atoms with van der Waals surface area (Å²) < 4.78 is 5.20. The highest BCUT2D eigenvalue weighted by molar-refractivity contribution is 5.90. The van der Waals surface area contributed by atoms with Crippen molar-refractivity contribution in [2.45, 2.75) is 19.5 Å². The zero-order chi connectivity index (χ0) is 11.8. The number of carboxylic acid groups (broad SMARTS) is 1. The van der Waals surface area contributed by atoms with Crippen LogP contribution >= 0.6 is 0 Å². The van der Waals surface area contributed by atoms with Gasteiger partial charge in [-0.25, -0.2) is 4.79 Å². The van der Waals surface area contributed by atoms with E-state index in [-0.39, 0.29) is 6.17 Å². The first kappa shape index (κ1) is 12.7. The minimum atomic E-state index is -0.904. The molecule has 5 heteroatoms. The van der Waals surface area contributed by atoms with Crippen LogP contribution in [0.2, 0.25) is 0 Å². The maximum atomic E-state index is 10.7. The molecule has 0 aromatic heterocycles. The third-order valence-corrected chi connectivity index (χ3v) is 2.17. The van der Waals surface area contributed by atoms with E-state index in [0.29, 0.717) is 5.57 Å². The van der Waals surface area contributed by atoms with Gasteiger partial charge in [-0.2, -0.15) is 0 Å². The normalized spacial score (nSPS) is 19.1. The highest BCUT2D eigenvalue weighted by atomic mass is 16.5. The largest absolute Gasteiger partial charge is 0.478 e. The van der Waals surface area contributed by atoms with Crippen molar-refractivity contribution >= 4 is 5.97 Å². The van der Waals surface area contributed by atoms with Crippen molar-refractivity contribution in [3.63, 3.8) is 0 Å². The third-order valence-electron chi connectivity index (χ3n) is 2.17. The van der Waals surface area contributed by atoms with E-state index in [1.54, 1.807) is 18.4 Å². The van der Waals surface area contributed by atoms with E-state index in [1.165, 1.54) is 0 Å². The first-order chi connectivity index (χ1) is 7.74. The van der Waals surface area contributed by atoms with Crippen LogP contribution in [0.15, 0.2) is 23.9 Å². The van der Waals surface area contributed by atoms with E-state index >= 15 is 0 Å². The second-order valence-electron chi connectivity index (χ2n) is 3.41. The number of hydrogen-bond donors (Lipinski definition) is 3. The quantitative estimate of drug-likeness (QED) is 0.550. The Labute approximate surface area is 95.2 Å². The van der Waals surface area contributed by atoms with E-state index in [4.69, 9.17) is 9.84 Å². The molecule has 1 aliphatic rings. The molecule has 0 bridgehead atoms. The molecule has 0 aliphatic carbocycles. The summed E-state index contributed by atoms with van der Waals surface area (Å²) in [4.78, 5) is 10.7. The molecule has 0 saturated carbocycles. The molecule has 1 atom stereocenters. The fraction of sp³-hybridized carbons (Fsp3) is 0.545. The maximum Gasteiger partial charge on any atom is 0.335 e. The Hall–Kier alpha value is -1.33. The SMILES string of the molecule is CCOCCCNC1C=C(C(=O)O)C=CN1. The Bertz CT molecular complexity index is 287. The highest BCUT2D eigenvalue weighted by Gasteiger charge is 2.11. The van der Waals surface area contributed by atoms with Gasteiger partial charge in [-0.05, 0) is 38.2 Å². The van der Waals surface area contributed by atoms with Gasteiger partial charge in [0.2, 0.25) is 0 Å². The average molecular weight is 226 g/mol. The Kier molecular flexibility index (Phi) is 5.60. The summed E-state index contributed by atoms with van der Waals surface area (Å²) in [5.41, 5.74) is 0.307. The van der Waals surface area contributed by atoms with Gasteiger partial charge >= 0.3 is 5.97 Å². The van der Waals surface area contributed by atoms with Crippen molar-refractivity contribution in [1.29, 1.82) is 0 Å². The number of carboxylic acids is 1. The number of aliphatic carboxylic acids is 1. The van der Waals surface area contributed by atoms with Crippen molar-refractivity contribution < 1.29 is 14.6 Å². The van der Waals surface area contributed by atoms with E-state index < -0.39 is 5.97 Å². The summed E-state index contributed by atoms with van der Waals surface area (Å²) in [7, 11) is 0. The van der Waals surface area contributed by atoms with Crippen LogP contribution in [0.3, 0.4) is 0 Å². The van der Waals surface area contributed by atoms with Crippen LogP contribution in [0.1, 0.15) is 13.3 Å². The average Bonchev–Trinajstić information content (AvgIpc) is 2.29. The molecule has 90 valence electrons. The molecule has 16 heavy (non-hydrogen) atoms. The fourth-order valence-corrected chi connectivity index (χ4v) is 1.36. The highest BCUT2D eigenvalue weighted by Crippen LogP contribution is 2.03. The Balaban J connectivity index is 2.23. The monoisotopic (exact) mass is 226 g/mol.